The lowest BCUT2D eigenvalue weighted by Gasteiger charge is -2.23. The van der Waals surface area contributed by atoms with Gasteiger partial charge in [-0.05, 0) is 86.0 Å². The van der Waals surface area contributed by atoms with Gasteiger partial charge < -0.3 is 24.5 Å². The molecule has 1 aliphatic heterocycles. The number of benzene rings is 3. The summed E-state index contributed by atoms with van der Waals surface area (Å²) in [6.45, 7) is 1.41. The molecule has 2 heterocycles. The Labute approximate surface area is 223 Å². The van der Waals surface area contributed by atoms with Crippen LogP contribution in [0.1, 0.15) is 28.4 Å². The van der Waals surface area contributed by atoms with Crippen LogP contribution in [-0.4, -0.2) is 25.7 Å². The zero-order valence-electron chi connectivity index (χ0n) is 18.8. The maximum absolute atomic E-state index is 6.21. The van der Waals surface area contributed by atoms with Crippen molar-refractivity contribution in [3.8, 4) is 17.2 Å². The summed E-state index contributed by atoms with van der Waals surface area (Å²) in [5, 5.41) is 3.64. The molecule has 5 nitrogen and oxygen atoms in total. The molecule has 0 radical (unpaired) electrons. The molecule has 3 N–H and O–H groups in total. The summed E-state index contributed by atoms with van der Waals surface area (Å²) in [7, 11) is 3.41. The fraction of sp³-hybridized carbons (Fsp3) is 0.231. The molecule has 3 aromatic carbocycles. The Morgan fingerprint density at radius 1 is 0.971 bits per heavy atom. The SMILES string of the molecule is COc1ccc2[nH]c3c(c2c1)CC[NH2+]C3c1ccc(OC)c(COc2c(Br)cc(Br)cc2Br)c1. The van der Waals surface area contributed by atoms with Gasteiger partial charge in [0.05, 0.1) is 35.4 Å². The smallest absolute Gasteiger partial charge is 0.153 e. The first-order chi connectivity index (χ1) is 16.5. The minimum absolute atomic E-state index is 0.179. The van der Waals surface area contributed by atoms with Crippen LogP contribution in [0.25, 0.3) is 10.9 Å². The van der Waals surface area contributed by atoms with Gasteiger partial charge in [0.1, 0.15) is 23.9 Å². The van der Waals surface area contributed by atoms with Crippen molar-refractivity contribution in [2.75, 3.05) is 20.8 Å². The van der Waals surface area contributed by atoms with Crippen LogP contribution in [0.3, 0.4) is 0 Å². The minimum atomic E-state index is 0.179. The lowest BCUT2D eigenvalue weighted by Crippen LogP contribution is -2.87. The zero-order valence-corrected chi connectivity index (χ0v) is 23.5. The van der Waals surface area contributed by atoms with Gasteiger partial charge in [-0.25, -0.2) is 0 Å². The maximum atomic E-state index is 6.21. The van der Waals surface area contributed by atoms with Crippen molar-refractivity contribution in [3.05, 3.63) is 84.3 Å². The van der Waals surface area contributed by atoms with Crippen LogP contribution in [0, 0.1) is 0 Å². The normalized spacial score (nSPS) is 15.3. The van der Waals surface area contributed by atoms with Gasteiger partial charge >= 0.3 is 0 Å². The Morgan fingerprint density at radius 2 is 1.76 bits per heavy atom. The number of rotatable bonds is 6. The van der Waals surface area contributed by atoms with Crippen LogP contribution in [0.2, 0.25) is 0 Å². The van der Waals surface area contributed by atoms with Gasteiger partial charge in [-0.2, -0.15) is 0 Å². The molecule has 0 aliphatic carbocycles. The van der Waals surface area contributed by atoms with E-state index in [0.717, 1.165) is 54.7 Å². The summed E-state index contributed by atoms with van der Waals surface area (Å²) in [4.78, 5) is 3.68. The number of methoxy groups -OCH3 is 2. The largest absolute Gasteiger partial charge is 0.497 e. The topological polar surface area (TPSA) is 60.1 Å². The van der Waals surface area contributed by atoms with Gasteiger partial charge in [-0.1, -0.05) is 15.9 Å². The van der Waals surface area contributed by atoms with Gasteiger partial charge in [-0.15, -0.1) is 0 Å². The molecular weight excluding hydrogens is 628 g/mol. The van der Waals surface area contributed by atoms with E-state index in [-0.39, 0.29) is 6.04 Å². The molecule has 0 saturated heterocycles. The Morgan fingerprint density at radius 3 is 2.50 bits per heavy atom. The Hall–Kier alpha value is -2.00. The van der Waals surface area contributed by atoms with E-state index in [1.54, 1.807) is 14.2 Å². The third-order valence-corrected chi connectivity index (χ3v) is 7.89. The average molecular weight is 652 g/mol. The van der Waals surface area contributed by atoms with Gasteiger partial charge in [0.2, 0.25) is 0 Å². The molecular formula is C26H24Br3N2O3+. The van der Waals surface area contributed by atoms with Crippen molar-refractivity contribution in [2.24, 2.45) is 0 Å². The first-order valence-electron chi connectivity index (χ1n) is 10.9. The van der Waals surface area contributed by atoms with Crippen LogP contribution >= 0.6 is 47.8 Å². The molecule has 1 aliphatic rings. The van der Waals surface area contributed by atoms with Crippen LogP contribution < -0.4 is 19.5 Å². The van der Waals surface area contributed by atoms with Crippen molar-refractivity contribution >= 4 is 58.7 Å². The molecule has 34 heavy (non-hydrogen) atoms. The van der Waals surface area contributed by atoms with E-state index >= 15 is 0 Å². The molecule has 0 fully saturated rings. The Bertz CT molecular complexity index is 1350. The first-order valence-corrected chi connectivity index (χ1v) is 13.3. The highest BCUT2D eigenvalue weighted by Gasteiger charge is 2.29. The second kappa shape index (κ2) is 9.93. The van der Waals surface area contributed by atoms with E-state index in [0.29, 0.717) is 6.61 Å². The number of aromatic amines is 1. The van der Waals surface area contributed by atoms with Gasteiger partial charge in [0.25, 0.3) is 0 Å². The summed E-state index contributed by atoms with van der Waals surface area (Å²) in [6, 6.07) is 16.7. The van der Waals surface area contributed by atoms with Crippen LogP contribution in [0.5, 0.6) is 17.2 Å². The predicted molar refractivity (Wildman–Crippen MR) is 144 cm³/mol. The van der Waals surface area contributed by atoms with Crippen molar-refractivity contribution in [3.63, 3.8) is 0 Å². The second-order valence-corrected chi connectivity index (χ2v) is 10.9. The molecule has 4 aromatic rings. The van der Waals surface area contributed by atoms with E-state index in [1.165, 1.54) is 22.2 Å². The molecule has 176 valence electrons. The maximum Gasteiger partial charge on any atom is 0.153 e. The number of fused-ring (bicyclic) bond motifs is 3. The van der Waals surface area contributed by atoms with Crippen molar-refractivity contribution < 1.29 is 19.5 Å². The summed E-state index contributed by atoms with van der Waals surface area (Å²) in [5.41, 5.74) is 5.99. The van der Waals surface area contributed by atoms with E-state index in [4.69, 9.17) is 14.2 Å². The van der Waals surface area contributed by atoms with Crippen molar-refractivity contribution in [1.29, 1.82) is 0 Å². The molecule has 1 atom stereocenters. The number of ether oxygens (including phenoxy) is 3. The van der Waals surface area contributed by atoms with E-state index in [2.05, 4.69) is 82.4 Å². The highest BCUT2D eigenvalue weighted by molar-refractivity contribution is 9.11. The van der Waals surface area contributed by atoms with E-state index in [9.17, 15) is 0 Å². The van der Waals surface area contributed by atoms with Crippen LogP contribution in [0.15, 0.2) is 61.9 Å². The summed E-state index contributed by atoms with van der Waals surface area (Å²) in [5.74, 6) is 2.45. The predicted octanol–water partition coefficient (Wildman–Crippen LogP) is 6.26. The first kappa shape index (κ1) is 23.7. The third-order valence-electron chi connectivity index (χ3n) is 6.25. The van der Waals surface area contributed by atoms with Crippen molar-refractivity contribution in [1.82, 2.24) is 4.98 Å². The minimum Gasteiger partial charge on any atom is -0.497 e. The average Bonchev–Trinajstić information content (AvgIpc) is 3.21. The van der Waals surface area contributed by atoms with Gasteiger partial charge in [0.15, 0.2) is 6.04 Å². The number of nitrogens with one attached hydrogen (secondary N) is 1. The second-order valence-electron chi connectivity index (χ2n) is 8.24. The molecule has 0 amide bonds. The molecule has 1 unspecified atom stereocenters. The standard InChI is InChI=1S/C26H23Br3N2O3/c1-32-17-4-5-22-19(12-17)18-7-8-30-24(25(18)31-22)14-3-6-23(33-2)15(9-14)13-34-26-20(28)10-16(27)11-21(26)29/h3-6,9-12,24,30-31H,7-8,13H2,1-2H3/p+1. The van der Waals surface area contributed by atoms with Gasteiger partial charge in [-0.3, -0.25) is 0 Å². The molecule has 0 spiro atoms. The fourth-order valence-electron chi connectivity index (χ4n) is 4.65. The quantitative estimate of drug-likeness (QED) is 0.259. The van der Waals surface area contributed by atoms with Crippen LogP contribution in [-0.2, 0) is 13.0 Å². The number of hydrogen-bond donors (Lipinski definition) is 2. The summed E-state index contributed by atoms with van der Waals surface area (Å²) in [6.07, 6.45) is 1.02. The third kappa shape index (κ3) is 4.49. The number of aromatic nitrogens is 1. The molecule has 1 aromatic heterocycles. The highest BCUT2D eigenvalue weighted by atomic mass is 79.9. The Kier molecular flexibility index (Phi) is 6.93. The lowest BCUT2D eigenvalue weighted by molar-refractivity contribution is -0.690. The number of nitrogens with two attached hydrogens (primary N) is 1. The monoisotopic (exact) mass is 649 g/mol. The zero-order chi connectivity index (χ0) is 23.8. The fourth-order valence-corrected chi connectivity index (χ4v) is 7.13. The number of hydrogen-bond acceptors (Lipinski definition) is 3. The molecule has 5 rings (SSSR count). The lowest BCUT2D eigenvalue weighted by atomic mass is 9.93. The van der Waals surface area contributed by atoms with Gasteiger partial charge in [0, 0.05) is 32.9 Å². The van der Waals surface area contributed by atoms with Crippen molar-refractivity contribution in [2.45, 2.75) is 19.1 Å². The molecule has 0 saturated carbocycles. The summed E-state index contributed by atoms with van der Waals surface area (Å²) < 4.78 is 20.1. The van der Waals surface area contributed by atoms with E-state index < -0.39 is 0 Å². The number of halogens is 3. The highest BCUT2D eigenvalue weighted by Crippen LogP contribution is 2.38. The summed E-state index contributed by atoms with van der Waals surface area (Å²) >= 11 is 10.7. The molecule has 8 heteroatoms. The van der Waals surface area contributed by atoms with E-state index in [1.807, 2.05) is 24.3 Å². The number of H-pyrrole nitrogens is 1. The van der Waals surface area contributed by atoms with Crippen LogP contribution in [0.4, 0.5) is 0 Å². The Balaban J connectivity index is 1.49. The molecule has 0 bridgehead atoms. The number of quaternary nitrogens is 1.